The number of rotatable bonds is 1. The van der Waals surface area contributed by atoms with Gasteiger partial charge in [-0.05, 0) is 12.1 Å². The largest absolute Gasteiger partial charge is 0.391 e. The van der Waals surface area contributed by atoms with Crippen LogP contribution < -0.4 is 0 Å². The summed E-state index contributed by atoms with van der Waals surface area (Å²) in [7, 11) is 0. The number of hydrogen-bond donors (Lipinski definition) is 2. The van der Waals surface area contributed by atoms with E-state index in [2.05, 4.69) is 12.6 Å². The number of halogens is 1. The minimum absolute atomic E-state index is 0.00853. The highest BCUT2D eigenvalue weighted by molar-refractivity contribution is 7.80. The Morgan fingerprint density at radius 2 is 2.23 bits per heavy atom. The van der Waals surface area contributed by atoms with Gasteiger partial charge in [-0.25, -0.2) is 0 Å². The van der Waals surface area contributed by atoms with E-state index in [0.29, 0.717) is 5.02 Å². The van der Waals surface area contributed by atoms with Crippen molar-refractivity contribution >= 4 is 45.7 Å². The molecule has 0 fully saturated rings. The quantitative estimate of drug-likeness (QED) is 0.720. The molecule has 2 rings (SSSR count). The molecule has 0 amide bonds. The molecule has 1 aromatic carbocycles. The molecule has 0 bridgehead atoms. The van der Waals surface area contributed by atoms with Gasteiger partial charge < -0.3 is 5.11 Å². The lowest BCUT2D eigenvalue weighted by Crippen LogP contribution is -1.75. The first-order valence-corrected chi connectivity index (χ1v) is 5.38. The summed E-state index contributed by atoms with van der Waals surface area (Å²) in [4.78, 5) is 1.66. The van der Waals surface area contributed by atoms with Gasteiger partial charge >= 0.3 is 0 Å². The van der Waals surface area contributed by atoms with Crippen LogP contribution in [0.4, 0.5) is 0 Å². The lowest BCUT2D eigenvalue weighted by molar-refractivity contribution is 0.285. The third-order valence-electron chi connectivity index (χ3n) is 1.85. The summed E-state index contributed by atoms with van der Waals surface area (Å²) in [5.74, 6) is 0. The molecule has 0 radical (unpaired) electrons. The maximum Gasteiger partial charge on any atom is 0.0789 e. The van der Waals surface area contributed by atoms with Gasteiger partial charge in [-0.15, -0.1) is 24.0 Å². The lowest BCUT2D eigenvalue weighted by Gasteiger charge is -1.94. The van der Waals surface area contributed by atoms with Gasteiger partial charge in [-0.3, -0.25) is 0 Å². The van der Waals surface area contributed by atoms with Crippen molar-refractivity contribution in [2.24, 2.45) is 0 Å². The van der Waals surface area contributed by atoms with Crippen LogP contribution in [0, 0.1) is 0 Å². The van der Waals surface area contributed by atoms with E-state index in [0.717, 1.165) is 19.9 Å². The molecule has 0 saturated heterocycles. The van der Waals surface area contributed by atoms with Gasteiger partial charge in [0, 0.05) is 19.9 Å². The van der Waals surface area contributed by atoms with Crippen LogP contribution in [0.3, 0.4) is 0 Å². The molecule has 0 atom stereocenters. The number of hydrogen-bond acceptors (Lipinski definition) is 3. The zero-order valence-corrected chi connectivity index (χ0v) is 9.09. The van der Waals surface area contributed by atoms with E-state index < -0.39 is 0 Å². The second-order valence-corrected chi connectivity index (χ2v) is 4.64. The van der Waals surface area contributed by atoms with E-state index in [-0.39, 0.29) is 6.61 Å². The van der Waals surface area contributed by atoms with Gasteiger partial charge in [0.05, 0.1) is 11.6 Å². The van der Waals surface area contributed by atoms with Gasteiger partial charge in [0.15, 0.2) is 0 Å². The summed E-state index contributed by atoms with van der Waals surface area (Å²) in [5, 5.41) is 10.6. The zero-order chi connectivity index (χ0) is 9.42. The van der Waals surface area contributed by atoms with Gasteiger partial charge in [0.1, 0.15) is 0 Å². The topological polar surface area (TPSA) is 20.2 Å². The number of thiophene rings is 1. The smallest absolute Gasteiger partial charge is 0.0789 e. The predicted octanol–water partition coefficient (Wildman–Crippen LogP) is 3.34. The van der Waals surface area contributed by atoms with Gasteiger partial charge in [0.25, 0.3) is 0 Å². The van der Waals surface area contributed by atoms with Gasteiger partial charge in [0.2, 0.25) is 0 Å². The molecule has 13 heavy (non-hydrogen) atoms. The SMILES string of the molecule is OCc1sc2cccc(S)c2c1Cl. The van der Waals surface area contributed by atoms with Crippen LogP contribution in [0.2, 0.25) is 5.02 Å². The molecule has 0 aliphatic rings. The van der Waals surface area contributed by atoms with E-state index in [1.165, 1.54) is 11.3 Å². The molecule has 0 aliphatic carbocycles. The molecule has 1 N–H and O–H groups in total. The molecular weight excluding hydrogens is 224 g/mol. The van der Waals surface area contributed by atoms with E-state index in [4.69, 9.17) is 16.7 Å². The summed E-state index contributed by atoms with van der Waals surface area (Å²) in [6, 6.07) is 5.80. The fraction of sp³-hybridized carbons (Fsp3) is 0.111. The van der Waals surface area contributed by atoms with Crippen LogP contribution in [0.25, 0.3) is 10.1 Å². The van der Waals surface area contributed by atoms with Crippen LogP contribution in [0.5, 0.6) is 0 Å². The van der Waals surface area contributed by atoms with Crippen molar-refractivity contribution in [2.75, 3.05) is 0 Å². The first-order chi connectivity index (χ1) is 6.24. The molecule has 1 aromatic heterocycles. The van der Waals surface area contributed by atoms with Crippen LogP contribution in [0.15, 0.2) is 23.1 Å². The summed E-state index contributed by atoms with van der Waals surface area (Å²) in [5.41, 5.74) is 0. The minimum Gasteiger partial charge on any atom is -0.391 e. The second kappa shape index (κ2) is 3.50. The highest BCUT2D eigenvalue weighted by Crippen LogP contribution is 2.38. The number of aliphatic hydroxyl groups excluding tert-OH is 1. The zero-order valence-electron chi connectivity index (χ0n) is 6.62. The Bertz CT molecular complexity index is 450. The standard InChI is InChI=1S/C9H7ClOS2/c10-9-7(4-11)13-6-3-1-2-5(12)8(6)9/h1-3,11-12H,4H2. The van der Waals surface area contributed by atoms with E-state index in [1.54, 1.807) is 0 Å². The molecule has 68 valence electrons. The molecule has 1 heterocycles. The predicted molar refractivity (Wildman–Crippen MR) is 60.0 cm³/mol. The summed E-state index contributed by atoms with van der Waals surface area (Å²) >= 11 is 11.9. The van der Waals surface area contributed by atoms with Crippen LogP contribution in [-0.2, 0) is 6.61 Å². The molecule has 0 unspecified atom stereocenters. The van der Waals surface area contributed by atoms with E-state index >= 15 is 0 Å². The van der Waals surface area contributed by atoms with Crippen molar-refractivity contribution in [3.8, 4) is 0 Å². The molecule has 1 nitrogen and oxygen atoms in total. The monoisotopic (exact) mass is 230 g/mol. The third-order valence-corrected chi connectivity index (χ3v) is 3.89. The Balaban J connectivity index is 2.85. The van der Waals surface area contributed by atoms with Gasteiger partial charge in [-0.1, -0.05) is 17.7 Å². The van der Waals surface area contributed by atoms with Crippen LogP contribution >= 0.6 is 35.6 Å². The number of fused-ring (bicyclic) bond motifs is 1. The highest BCUT2D eigenvalue weighted by Gasteiger charge is 2.10. The summed E-state index contributed by atoms with van der Waals surface area (Å²) in [6.45, 7) is -0.00853. The number of benzene rings is 1. The number of aliphatic hydroxyl groups is 1. The normalized spacial score (nSPS) is 11.0. The summed E-state index contributed by atoms with van der Waals surface area (Å²) in [6.07, 6.45) is 0. The van der Waals surface area contributed by atoms with Gasteiger partial charge in [-0.2, -0.15) is 0 Å². The Labute approximate surface area is 90.4 Å². The van der Waals surface area contributed by atoms with E-state index in [9.17, 15) is 0 Å². The average Bonchev–Trinajstić information content (AvgIpc) is 2.44. The lowest BCUT2D eigenvalue weighted by atomic mass is 10.2. The fourth-order valence-corrected chi connectivity index (χ4v) is 3.12. The maximum absolute atomic E-state index is 9.01. The molecular formula is C9H7ClOS2. The maximum atomic E-state index is 9.01. The Kier molecular flexibility index (Phi) is 2.51. The fourth-order valence-electron chi connectivity index (χ4n) is 1.24. The van der Waals surface area contributed by atoms with Crippen molar-refractivity contribution in [3.63, 3.8) is 0 Å². The molecule has 2 aromatic rings. The highest BCUT2D eigenvalue weighted by atomic mass is 35.5. The Hall–Kier alpha value is -0.220. The van der Waals surface area contributed by atoms with Crippen molar-refractivity contribution in [2.45, 2.75) is 11.5 Å². The van der Waals surface area contributed by atoms with Crippen LogP contribution in [-0.4, -0.2) is 5.11 Å². The third kappa shape index (κ3) is 1.46. The first kappa shape index (κ1) is 9.34. The minimum atomic E-state index is -0.00853. The molecule has 0 saturated carbocycles. The molecule has 4 heteroatoms. The average molecular weight is 231 g/mol. The van der Waals surface area contributed by atoms with Crippen molar-refractivity contribution in [1.82, 2.24) is 0 Å². The Morgan fingerprint density at radius 1 is 1.46 bits per heavy atom. The summed E-state index contributed by atoms with van der Waals surface area (Å²) < 4.78 is 1.07. The Morgan fingerprint density at radius 3 is 2.85 bits per heavy atom. The second-order valence-electron chi connectivity index (χ2n) is 2.65. The van der Waals surface area contributed by atoms with Crippen molar-refractivity contribution < 1.29 is 5.11 Å². The number of thiol groups is 1. The van der Waals surface area contributed by atoms with Crippen molar-refractivity contribution in [1.29, 1.82) is 0 Å². The molecule has 0 spiro atoms. The van der Waals surface area contributed by atoms with E-state index in [1.807, 2.05) is 18.2 Å². The first-order valence-electron chi connectivity index (χ1n) is 3.73. The molecule has 0 aliphatic heterocycles. The van der Waals surface area contributed by atoms with Crippen LogP contribution in [0.1, 0.15) is 4.88 Å². The van der Waals surface area contributed by atoms with Crippen molar-refractivity contribution in [3.05, 3.63) is 28.1 Å².